The van der Waals surface area contributed by atoms with Crippen LogP contribution < -0.4 is 36.3 Å². The molecule has 4 aliphatic heterocycles. The van der Waals surface area contributed by atoms with E-state index in [-0.39, 0.29) is 6.04 Å². The van der Waals surface area contributed by atoms with Gasteiger partial charge in [0.25, 0.3) is 0 Å². The fourth-order valence-corrected chi connectivity index (χ4v) is 67.1. The lowest BCUT2D eigenvalue weighted by atomic mass is 10.2. The van der Waals surface area contributed by atoms with Crippen LogP contribution in [0.3, 0.4) is 0 Å². The Balaban J connectivity index is 1.44. The lowest BCUT2D eigenvalue weighted by Gasteiger charge is -2.58. The maximum atomic E-state index is 8.80. The molecule has 0 saturated carbocycles. The summed E-state index contributed by atoms with van der Waals surface area (Å²) in [6.07, 6.45) is 0. The molecule has 4 saturated heterocycles. The van der Waals surface area contributed by atoms with E-state index in [1.54, 1.807) is 0 Å². The van der Waals surface area contributed by atoms with Crippen molar-refractivity contribution in [2.75, 3.05) is 0 Å². The highest BCUT2D eigenvalue weighted by Crippen LogP contribution is 2.45. The van der Waals surface area contributed by atoms with Crippen LogP contribution in [-0.2, 0) is 63.7 Å². The van der Waals surface area contributed by atoms with Gasteiger partial charge in [-0.3, -0.25) is 0 Å². The molecule has 4 atom stereocenters. The third-order valence-corrected chi connectivity index (χ3v) is 57.9. The van der Waals surface area contributed by atoms with E-state index in [0.29, 0.717) is 36.3 Å². The second-order valence-corrected chi connectivity index (χ2v) is 67.6. The maximum Gasteiger partial charge on any atom is 0.515 e. The molecule has 8 aromatic carbocycles. The first-order valence-electron chi connectivity index (χ1n) is 29.5. The third kappa shape index (κ3) is 14.3. The molecule has 4 fully saturated rings. The molecule has 4 aliphatic rings. The molecule has 0 aromatic heterocycles. The van der Waals surface area contributed by atoms with Crippen molar-refractivity contribution in [3.8, 4) is 0 Å². The van der Waals surface area contributed by atoms with Gasteiger partial charge in [0.15, 0.2) is 33.3 Å². The predicted octanol–water partition coefficient (Wildman–Crippen LogP) is 9.24. The molecular weight excluding hydrogens is 1290 g/mol. The van der Waals surface area contributed by atoms with E-state index in [2.05, 4.69) is 78.6 Å². The van der Waals surface area contributed by atoms with E-state index in [0.717, 1.165) is 5.56 Å². The Morgan fingerprint density at radius 1 is 0.230 bits per heavy atom. The van der Waals surface area contributed by atoms with Crippen molar-refractivity contribution in [2.45, 2.75) is 84.6 Å². The molecular formula is C61H78O14Si12. The van der Waals surface area contributed by atoms with Crippen LogP contribution in [-0.4, -0.2) is 104 Å². The minimum absolute atomic E-state index is 0.00312. The summed E-state index contributed by atoms with van der Waals surface area (Å²) < 4.78 is 118. The van der Waals surface area contributed by atoms with E-state index in [9.17, 15) is 0 Å². The molecule has 4 bridgehead atoms. The maximum absolute atomic E-state index is 8.80. The summed E-state index contributed by atoms with van der Waals surface area (Å²) in [6.45, 7) is 25.5. The standard InChI is InChI=1S/C61H78O14Si12/c1-76(2,3)62-81(55-39-23-14-24-40-55)66-80(53-54-37-21-13-22-38-54)67-82(63-77(4,5)6,56-41-25-15-26-42-56)70-86(69-81,60-49-33-19-34-50-60)75-87(61-51-35-20-36-52-61)73-83(64-78(7,8)9,57-43-27-16-28-44-57)71-85(68-80,59-47-31-18-32-48-59)72-84(74-87,65-79(10,11)12)58-45-29-17-30-46-58/h13-52H,53H2,1-12H3. The van der Waals surface area contributed by atoms with Gasteiger partial charge in [-0.05, 0) is 84.1 Å². The van der Waals surface area contributed by atoms with Gasteiger partial charge in [-0.25, -0.2) is 0 Å². The Morgan fingerprint density at radius 2 is 0.425 bits per heavy atom. The Hall–Kier alpha value is -4.20. The van der Waals surface area contributed by atoms with Gasteiger partial charge in [0.05, 0.1) is 0 Å². The highest BCUT2D eigenvalue weighted by atomic mass is 28.6. The summed E-state index contributed by atoms with van der Waals surface area (Å²) in [6, 6.07) is 79.0. The van der Waals surface area contributed by atoms with Crippen molar-refractivity contribution in [3.63, 3.8) is 0 Å². The average Bonchev–Trinajstić information content (AvgIpc) is 0.698. The lowest BCUT2D eigenvalue weighted by molar-refractivity contribution is 0.0438. The van der Waals surface area contributed by atoms with Crippen molar-refractivity contribution >= 4 is 140 Å². The zero-order chi connectivity index (χ0) is 61.5. The number of rotatable bonds is 17. The van der Waals surface area contributed by atoms with Crippen molar-refractivity contribution < 1.29 is 57.6 Å². The first-order chi connectivity index (χ1) is 41.2. The van der Waals surface area contributed by atoms with Gasteiger partial charge in [-0.1, -0.05) is 243 Å². The number of hydrogen-bond donors (Lipinski definition) is 0. The fourth-order valence-electron chi connectivity index (χ4n) is 10.7. The van der Waals surface area contributed by atoms with Gasteiger partial charge in [0.2, 0.25) is 0 Å². The van der Waals surface area contributed by atoms with Gasteiger partial charge in [0, 0.05) is 42.4 Å². The quantitative estimate of drug-likeness (QED) is 0.0804. The number of benzene rings is 8. The van der Waals surface area contributed by atoms with Crippen LogP contribution in [0.4, 0.5) is 0 Å². The van der Waals surface area contributed by atoms with Gasteiger partial charge in [-0.2, -0.15) is 0 Å². The van der Waals surface area contributed by atoms with E-state index < -0.39 is 104 Å². The molecule has 26 heteroatoms. The van der Waals surface area contributed by atoms with Crippen molar-refractivity contribution in [3.05, 3.63) is 248 Å². The minimum atomic E-state index is -5.23. The van der Waals surface area contributed by atoms with Crippen LogP contribution in [0.5, 0.6) is 0 Å². The van der Waals surface area contributed by atoms with Gasteiger partial charge in [0.1, 0.15) is 0 Å². The highest BCUT2D eigenvalue weighted by Gasteiger charge is 2.80. The Kier molecular flexibility index (Phi) is 18.3. The minimum Gasteiger partial charge on any atom is -0.413 e. The molecule has 12 rings (SSSR count). The molecule has 0 radical (unpaired) electrons. The Bertz CT molecular complexity index is 3420. The third-order valence-electron chi connectivity index (χ3n) is 13.7. The van der Waals surface area contributed by atoms with Crippen molar-refractivity contribution in [2.24, 2.45) is 0 Å². The largest absolute Gasteiger partial charge is 0.515 e. The number of hydrogen-bond acceptors (Lipinski definition) is 14. The first kappa shape index (κ1) is 64.3. The Morgan fingerprint density at radius 3 is 0.655 bits per heavy atom. The average molecular weight is 1370 g/mol. The topological polar surface area (TPSA) is 129 Å². The summed E-state index contributed by atoms with van der Waals surface area (Å²) >= 11 is 0. The van der Waals surface area contributed by atoms with Gasteiger partial charge in [-0.15, -0.1) is 0 Å². The summed E-state index contributed by atoms with van der Waals surface area (Å²) in [5.41, 5.74) is 0.813. The molecule has 454 valence electrons. The second kappa shape index (κ2) is 24.8. The van der Waals surface area contributed by atoms with Crippen LogP contribution in [0, 0.1) is 0 Å². The van der Waals surface area contributed by atoms with E-state index in [1.807, 2.05) is 243 Å². The summed E-state index contributed by atoms with van der Waals surface area (Å²) in [7, 11) is -51.7. The van der Waals surface area contributed by atoms with E-state index in [1.165, 1.54) is 0 Å². The zero-order valence-corrected chi connectivity index (χ0v) is 63.5. The van der Waals surface area contributed by atoms with Crippen LogP contribution >= 0.6 is 0 Å². The monoisotopic (exact) mass is 1370 g/mol. The van der Waals surface area contributed by atoms with Gasteiger partial charge >= 0.3 is 70.4 Å². The summed E-state index contributed by atoms with van der Waals surface area (Å²) in [5.74, 6) is 0. The normalized spacial score (nSPS) is 29.1. The SMILES string of the molecule is C[Si](C)(C)O[Si]1(c2ccccc2)O[Si]2(Cc3ccccc3)O[Si](O[Si](C)(C)C)(c3ccccc3)O[Si](c3ccccc3)(O1)O[Si]1(c3ccccc3)O[Si](O[Si](C)(C)C)(c3ccccc3)O[Si](c3ccccc3)(O2)O[Si](O[Si](C)(C)C)(c2ccccc2)O1. The van der Waals surface area contributed by atoms with Crippen LogP contribution in [0.1, 0.15) is 5.56 Å². The van der Waals surface area contributed by atoms with E-state index in [4.69, 9.17) is 57.6 Å². The molecule has 8 aromatic rings. The van der Waals surface area contributed by atoms with Crippen LogP contribution in [0.15, 0.2) is 243 Å². The Labute approximate surface area is 526 Å². The van der Waals surface area contributed by atoms with Gasteiger partial charge < -0.3 is 57.6 Å². The highest BCUT2D eigenvalue weighted by molar-refractivity contribution is 7.10. The summed E-state index contributed by atoms with van der Waals surface area (Å²) in [4.78, 5) is 0. The first-order valence-corrected chi connectivity index (χ1v) is 57.1. The smallest absolute Gasteiger partial charge is 0.413 e. The lowest BCUT2D eigenvalue weighted by Crippen LogP contribution is -2.90. The van der Waals surface area contributed by atoms with Crippen LogP contribution in [0.2, 0.25) is 78.6 Å². The van der Waals surface area contributed by atoms with E-state index >= 15 is 0 Å². The predicted molar refractivity (Wildman–Crippen MR) is 367 cm³/mol. The molecule has 87 heavy (non-hydrogen) atoms. The van der Waals surface area contributed by atoms with Crippen LogP contribution in [0.25, 0.3) is 0 Å². The molecule has 0 aliphatic carbocycles. The molecule has 0 amide bonds. The fraction of sp³-hybridized carbons (Fsp3) is 0.213. The molecule has 14 nitrogen and oxygen atoms in total. The van der Waals surface area contributed by atoms with Crippen molar-refractivity contribution in [1.29, 1.82) is 0 Å². The second-order valence-electron chi connectivity index (χ2n) is 25.7. The summed E-state index contributed by atoms with van der Waals surface area (Å²) in [5, 5.41) is 4.02. The molecule has 4 unspecified atom stereocenters. The zero-order valence-electron chi connectivity index (χ0n) is 51.5. The molecule has 4 heterocycles. The number of fused-ring (bicyclic) bond motifs is 4. The molecule has 0 spiro atoms. The van der Waals surface area contributed by atoms with Crippen molar-refractivity contribution in [1.82, 2.24) is 0 Å². The molecule has 0 N–H and O–H groups in total.